The molecule has 4 nitrogen and oxygen atoms in total. The highest BCUT2D eigenvalue weighted by Crippen LogP contribution is 2.35. The number of halogens is 2. The first-order chi connectivity index (χ1) is 13.9. The van der Waals surface area contributed by atoms with Crippen LogP contribution in [0.15, 0.2) is 60.1 Å². The lowest BCUT2D eigenvalue weighted by molar-refractivity contribution is 0.0698. The van der Waals surface area contributed by atoms with Crippen molar-refractivity contribution >= 4 is 40.5 Å². The summed E-state index contributed by atoms with van der Waals surface area (Å²) < 4.78 is 0. The third-order valence-corrected chi connectivity index (χ3v) is 6.14. The summed E-state index contributed by atoms with van der Waals surface area (Å²) in [6.07, 6.45) is 1.69. The van der Waals surface area contributed by atoms with Gasteiger partial charge >= 0.3 is 5.97 Å². The largest absolute Gasteiger partial charge is 0.478 e. The molecule has 4 aromatic rings. The summed E-state index contributed by atoms with van der Waals surface area (Å²) in [7, 11) is 0. The van der Waals surface area contributed by atoms with E-state index in [1.165, 1.54) is 11.3 Å². The Morgan fingerprint density at radius 1 is 1.00 bits per heavy atom. The topological polar surface area (TPSA) is 63.1 Å². The van der Waals surface area contributed by atoms with Gasteiger partial charge in [-0.2, -0.15) is 0 Å². The first-order valence-electron chi connectivity index (χ1n) is 8.64. The van der Waals surface area contributed by atoms with Crippen LogP contribution in [0, 0.1) is 6.92 Å². The molecule has 0 fully saturated rings. The lowest BCUT2D eigenvalue weighted by Gasteiger charge is -2.10. The van der Waals surface area contributed by atoms with Gasteiger partial charge in [-0.1, -0.05) is 47.5 Å². The molecule has 2 aromatic heterocycles. The van der Waals surface area contributed by atoms with Gasteiger partial charge in [-0.25, -0.2) is 9.78 Å². The minimum Gasteiger partial charge on any atom is -0.478 e. The molecule has 0 aliphatic rings. The van der Waals surface area contributed by atoms with E-state index in [0.29, 0.717) is 15.6 Å². The van der Waals surface area contributed by atoms with Crippen LogP contribution in [-0.4, -0.2) is 21.0 Å². The van der Waals surface area contributed by atoms with E-state index in [1.54, 1.807) is 30.5 Å². The fraction of sp³-hybridized carbons (Fsp3) is 0.0455. The van der Waals surface area contributed by atoms with E-state index in [4.69, 9.17) is 23.2 Å². The van der Waals surface area contributed by atoms with Gasteiger partial charge in [-0.15, -0.1) is 11.3 Å². The highest BCUT2D eigenvalue weighted by atomic mass is 35.5. The Labute approximate surface area is 181 Å². The van der Waals surface area contributed by atoms with Gasteiger partial charge in [0.05, 0.1) is 21.3 Å². The number of thiazole rings is 1. The van der Waals surface area contributed by atoms with Crippen molar-refractivity contribution in [1.29, 1.82) is 0 Å². The van der Waals surface area contributed by atoms with E-state index in [2.05, 4.69) is 9.97 Å². The number of carboxylic acid groups (broad SMARTS) is 1. The molecule has 2 aromatic carbocycles. The molecule has 0 aliphatic carbocycles. The number of aromatic nitrogens is 2. The quantitative estimate of drug-likeness (QED) is 0.376. The summed E-state index contributed by atoms with van der Waals surface area (Å²) >= 11 is 13.5. The molecule has 4 rings (SSSR count). The van der Waals surface area contributed by atoms with Gasteiger partial charge in [0, 0.05) is 34.0 Å². The number of nitrogens with zero attached hydrogens (tertiary/aromatic N) is 2. The standard InChI is InChI=1S/C22H14Cl2N2O2S/c1-12-15(3-2-8-25-12)16-6-4-14(9-17(16)22(27)28)21-26-20(11-29-21)13-5-7-18(23)19(24)10-13/h2-11H,1H3,(H,27,28). The fourth-order valence-electron chi connectivity index (χ4n) is 3.05. The molecular weight excluding hydrogens is 427 g/mol. The molecule has 0 atom stereocenters. The van der Waals surface area contributed by atoms with Crippen molar-refractivity contribution in [1.82, 2.24) is 9.97 Å². The number of aromatic carboxylic acids is 1. The molecule has 7 heteroatoms. The molecular formula is C22H14Cl2N2O2S. The first kappa shape index (κ1) is 19.6. The number of rotatable bonds is 4. The van der Waals surface area contributed by atoms with Gasteiger partial charge in [-0.3, -0.25) is 4.98 Å². The minimum atomic E-state index is -0.994. The molecule has 29 heavy (non-hydrogen) atoms. The smallest absolute Gasteiger partial charge is 0.336 e. The summed E-state index contributed by atoms with van der Waals surface area (Å²) in [5.41, 5.74) is 4.77. The number of carboxylic acids is 1. The highest BCUT2D eigenvalue weighted by molar-refractivity contribution is 7.13. The van der Waals surface area contributed by atoms with E-state index in [9.17, 15) is 9.90 Å². The zero-order chi connectivity index (χ0) is 20.5. The van der Waals surface area contributed by atoms with Gasteiger partial charge in [0.15, 0.2) is 0 Å². The maximum Gasteiger partial charge on any atom is 0.336 e. The Bertz CT molecular complexity index is 1240. The Kier molecular flexibility index (Phi) is 5.37. The first-order valence-corrected chi connectivity index (χ1v) is 10.3. The molecule has 0 spiro atoms. The number of benzene rings is 2. The van der Waals surface area contributed by atoms with E-state index in [-0.39, 0.29) is 5.56 Å². The van der Waals surface area contributed by atoms with Crippen molar-refractivity contribution in [3.8, 4) is 33.0 Å². The third kappa shape index (κ3) is 3.90. The van der Waals surface area contributed by atoms with Crippen molar-refractivity contribution in [3.63, 3.8) is 0 Å². The van der Waals surface area contributed by atoms with E-state index in [0.717, 1.165) is 33.1 Å². The maximum atomic E-state index is 11.9. The number of carbonyl (C=O) groups is 1. The van der Waals surface area contributed by atoms with Crippen LogP contribution in [-0.2, 0) is 0 Å². The fourth-order valence-corrected chi connectivity index (χ4v) is 4.18. The summed E-state index contributed by atoms with van der Waals surface area (Å²) in [5, 5.41) is 13.3. The molecule has 0 unspecified atom stereocenters. The summed E-state index contributed by atoms with van der Waals surface area (Å²) in [6.45, 7) is 1.86. The average molecular weight is 441 g/mol. The van der Waals surface area contributed by atoms with Crippen LogP contribution in [0.2, 0.25) is 10.0 Å². The number of hydrogen-bond acceptors (Lipinski definition) is 4. The minimum absolute atomic E-state index is 0.213. The molecule has 1 N–H and O–H groups in total. The monoisotopic (exact) mass is 440 g/mol. The third-order valence-electron chi connectivity index (χ3n) is 4.51. The van der Waals surface area contributed by atoms with Crippen LogP contribution in [0.1, 0.15) is 16.1 Å². The number of hydrogen-bond donors (Lipinski definition) is 1. The van der Waals surface area contributed by atoms with Crippen LogP contribution in [0.4, 0.5) is 0 Å². The summed E-state index contributed by atoms with van der Waals surface area (Å²) in [4.78, 5) is 20.8. The highest BCUT2D eigenvalue weighted by Gasteiger charge is 2.17. The normalized spacial score (nSPS) is 10.9. The zero-order valence-electron chi connectivity index (χ0n) is 15.2. The van der Waals surface area contributed by atoms with Crippen molar-refractivity contribution < 1.29 is 9.90 Å². The molecule has 0 saturated carbocycles. The van der Waals surface area contributed by atoms with Crippen LogP contribution in [0.3, 0.4) is 0 Å². The summed E-state index contributed by atoms with van der Waals surface area (Å²) in [5.74, 6) is -0.994. The van der Waals surface area contributed by atoms with Crippen LogP contribution in [0.5, 0.6) is 0 Å². The predicted molar refractivity (Wildman–Crippen MR) is 118 cm³/mol. The molecule has 0 radical (unpaired) electrons. The average Bonchev–Trinajstić information content (AvgIpc) is 3.20. The van der Waals surface area contributed by atoms with Gasteiger partial charge in [0.1, 0.15) is 5.01 Å². The molecule has 0 saturated heterocycles. The molecule has 0 aliphatic heterocycles. The second kappa shape index (κ2) is 7.95. The van der Waals surface area contributed by atoms with Gasteiger partial charge < -0.3 is 5.11 Å². The predicted octanol–water partition coefficient (Wildman–Crippen LogP) is 6.85. The van der Waals surface area contributed by atoms with E-state index < -0.39 is 5.97 Å². The van der Waals surface area contributed by atoms with Gasteiger partial charge in [0.25, 0.3) is 0 Å². The molecule has 2 heterocycles. The van der Waals surface area contributed by atoms with E-state index in [1.807, 2.05) is 36.6 Å². The van der Waals surface area contributed by atoms with Crippen molar-refractivity contribution in [2.45, 2.75) is 6.92 Å². The maximum absolute atomic E-state index is 11.9. The van der Waals surface area contributed by atoms with Gasteiger partial charge in [-0.05, 0) is 36.8 Å². The Hall–Kier alpha value is -2.73. The van der Waals surface area contributed by atoms with E-state index >= 15 is 0 Å². The second-order valence-corrected chi connectivity index (χ2v) is 8.04. The molecule has 0 bridgehead atoms. The zero-order valence-corrected chi connectivity index (χ0v) is 17.5. The van der Waals surface area contributed by atoms with Crippen molar-refractivity contribution in [2.24, 2.45) is 0 Å². The SMILES string of the molecule is Cc1ncccc1-c1ccc(-c2nc(-c3ccc(Cl)c(Cl)c3)cs2)cc1C(=O)O. The van der Waals surface area contributed by atoms with Crippen molar-refractivity contribution in [2.75, 3.05) is 0 Å². The van der Waals surface area contributed by atoms with Crippen LogP contribution < -0.4 is 0 Å². The molecule has 144 valence electrons. The number of aryl methyl sites for hydroxylation is 1. The Balaban J connectivity index is 1.76. The lowest BCUT2D eigenvalue weighted by atomic mass is 9.96. The van der Waals surface area contributed by atoms with Crippen LogP contribution >= 0.6 is 34.5 Å². The lowest BCUT2D eigenvalue weighted by Crippen LogP contribution is -2.01. The van der Waals surface area contributed by atoms with Crippen molar-refractivity contribution in [3.05, 3.63) is 81.4 Å². The molecule has 0 amide bonds. The number of pyridine rings is 1. The Morgan fingerprint density at radius 3 is 2.52 bits per heavy atom. The van der Waals surface area contributed by atoms with Crippen LogP contribution in [0.25, 0.3) is 33.0 Å². The Morgan fingerprint density at radius 2 is 1.79 bits per heavy atom. The van der Waals surface area contributed by atoms with Gasteiger partial charge in [0.2, 0.25) is 0 Å². The second-order valence-electron chi connectivity index (χ2n) is 6.37. The summed E-state index contributed by atoms with van der Waals surface area (Å²) in [6, 6.07) is 14.4.